The molecule has 3 aromatic rings. The quantitative estimate of drug-likeness (QED) is 0.434. The Labute approximate surface area is 170 Å². The van der Waals surface area contributed by atoms with E-state index in [9.17, 15) is 4.79 Å². The number of nitrogens with zero attached hydrogens (tertiary/aromatic N) is 2. The third kappa shape index (κ3) is 4.73. The third-order valence-electron chi connectivity index (χ3n) is 4.42. The first kappa shape index (κ1) is 20.0. The summed E-state index contributed by atoms with van der Waals surface area (Å²) in [6.07, 6.45) is 0.803. The zero-order valence-corrected chi connectivity index (χ0v) is 16.9. The second-order valence-electron chi connectivity index (χ2n) is 6.74. The Morgan fingerprint density at radius 2 is 1.96 bits per heavy atom. The Kier molecular flexibility index (Phi) is 6.37. The summed E-state index contributed by atoms with van der Waals surface area (Å²) in [5.41, 5.74) is 2.43. The summed E-state index contributed by atoms with van der Waals surface area (Å²) in [4.78, 5) is 16.8. The number of rotatable bonds is 8. The number of halogens is 1. The minimum Gasteiger partial charge on any atom is -0.494 e. The molecule has 1 aromatic heterocycles. The summed E-state index contributed by atoms with van der Waals surface area (Å²) in [6.45, 7) is 8.63. The standard InChI is InChI=1S/C22H24ClN3O2/c1-15(2)22(27)24-16(3)21-25-19-7-4-5-8-20(19)26(21)13-6-14-28-18-11-9-17(23)10-12-18/h4-5,7-12,16H,1,6,13-14H2,2-3H3,(H,24,27). The number of amides is 1. The second-order valence-corrected chi connectivity index (χ2v) is 7.18. The highest BCUT2D eigenvalue weighted by Crippen LogP contribution is 2.22. The van der Waals surface area contributed by atoms with E-state index in [1.54, 1.807) is 6.92 Å². The fourth-order valence-corrected chi connectivity index (χ4v) is 3.11. The average Bonchev–Trinajstić information content (AvgIpc) is 3.05. The molecule has 0 saturated heterocycles. The topological polar surface area (TPSA) is 56.2 Å². The Bertz CT molecular complexity index is 979. The molecule has 146 valence electrons. The molecule has 0 aliphatic carbocycles. The van der Waals surface area contributed by atoms with E-state index >= 15 is 0 Å². The highest BCUT2D eigenvalue weighted by atomic mass is 35.5. The number of benzene rings is 2. The molecule has 5 nitrogen and oxygen atoms in total. The first-order valence-corrected chi connectivity index (χ1v) is 9.63. The summed E-state index contributed by atoms with van der Waals surface area (Å²) in [7, 11) is 0. The lowest BCUT2D eigenvalue weighted by molar-refractivity contribution is -0.118. The van der Waals surface area contributed by atoms with Crippen molar-refractivity contribution in [2.24, 2.45) is 0 Å². The van der Waals surface area contributed by atoms with Crippen molar-refractivity contribution in [1.29, 1.82) is 0 Å². The van der Waals surface area contributed by atoms with Crippen molar-refractivity contribution in [3.8, 4) is 5.75 Å². The Balaban J connectivity index is 1.72. The minimum absolute atomic E-state index is 0.169. The molecule has 0 aliphatic rings. The molecule has 1 N–H and O–H groups in total. The van der Waals surface area contributed by atoms with Crippen molar-refractivity contribution in [3.05, 3.63) is 71.5 Å². The van der Waals surface area contributed by atoms with Gasteiger partial charge in [-0.2, -0.15) is 0 Å². The number of hydrogen-bond donors (Lipinski definition) is 1. The van der Waals surface area contributed by atoms with Gasteiger partial charge < -0.3 is 14.6 Å². The summed E-state index contributed by atoms with van der Waals surface area (Å²) in [5.74, 6) is 1.45. The molecule has 1 unspecified atom stereocenters. The molecule has 3 rings (SSSR count). The fourth-order valence-electron chi connectivity index (χ4n) is 2.99. The van der Waals surface area contributed by atoms with Crippen LogP contribution in [-0.2, 0) is 11.3 Å². The molecule has 1 heterocycles. The highest BCUT2D eigenvalue weighted by molar-refractivity contribution is 6.30. The number of para-hydroxylation sites is 2. The molecule has 0 aliphatic heterocycles. The molecule has 6 heteroatoms. The Morgan fingerprint density at radius 1 is 1.25 bits per heavy atom. The van der Waals surface area contributed by atoms with Crippen LogP contribution in [0.4, 0.5) is 0 Å². The van der Waals surface area contributed by atoms with Gasteiger partial charge in [0.2, 0.25) is 5.91 Å². The Morgan fingerprint density at radius 3 is 2.68 bits per heavy atom. The maximum absolute atomic E-state index is 12.0. The first-order valence-electron chi connectivity index (χ1n) is 9.25. The van der Waals surface area contributed by atoms with Crippen LogP contribution in [0.1, 0.15) is 32.1 Å². The highest BCUT2D eigenvalue weighted by Gasteiger charge is 2.18. The van der Waals surface area contributed by atoms with Gasteiger partial charge in [0, 0.05) is 17.1 Å². The van der Waals surface area contributed by atoms with Crippen LogP contribution in [0, 0.1) is 0 Å². The number of ether oxygens (including phenoxy) is 1. The number of nitrogens with one attached hydrogen (secondary N) is 1. The van der Waals surface area contributed by atoms with Gasteiger partial charge in [0.1, 0.15) is 11.6 Å². The lowest BCUT2D eigenvalue weighted by Gasteiger charge is -2.16. The lowest BCUT2D eigenvalue weighted by Crippen LogP contribution is -2.29. The van der Waals surface area contributed by atoms with Gasteiger partial charge in [0.15, 0.2) is 0 Å². The predicted octanol–water partition coefficient (Wildman–Crippen LogP) is 4.91. The smallest absolute Gasteiger partial charge is 0.246 e. The van der Waals surface area contributed by atoms with Gasteiger partial charge in [-0.25, -0.2) is 4.98 Å². The number of aromatic nitrogens is 2. The molecule has 0 bridgehead atoms. The molecule has 0 radical (unpaired) electrons. The first-order chi connectivity index (χ1) is 13.5. The van der Waals surface area contributed by atoms with Gasteiger partial charge in [-0.1, -0.05) is 30.3 Å². The largest absolute Gasteiger partial charge is 0.494 e. The predicted molar refractivity (Wildman–Crippen MR) is 113 cm³/mol. The number of aryl methyl sites for hydroxylation is 1. The van der Waals surface area contributed by atoms with E-state index in [0.717, 1.165) is 35.6 Å². The number of carbonyl (C=O) groups is 1. The molecule has 0 fully saturated rings. The van der Waals surface area contributed by atoms with Gasteiger partial charge in [0.25, 0.3) is 0 Å². The van der Waals surface area contributed by atoms with Crippen molar-refractivity contribution < 1.29 is 9.53 Å². The van der Waals surface area contributed by atoms with Crippen LogP contribution in [0.2, 0.25) is 5.02 Å². The van der Waals surface area contributed by atoms with Gasteiger partial charge in [-0.05, 0) is 56.7 Å². The van der Waals surface area contributed by atoms with E-state index in [0.29, 0.717) is 17.2 Å². The number of hydrogen-bond acceptors (Lipinski definition) is 3. The fraction of sp³-hybridized carbons (Fsp3) is 0.273. The van der Waals surface area contributed by atoms with Crippen LogP contribution < -0.4 is 10.1 Å². The van der Waals surface area contributed by atoms with E-state index in [4.69, 9.17) is 21.3 Å². The molecular formula is C22H24ClN3O2. The van der Waals surface area contributed by atoms with Crippen molar-refractivity contribution in [3.63, 3.8) is 0 Å². The lowest BCUT2D eigenvalue weighted by atomic mass is 10.2. The van der Waals surface area contributed by atoms with E-state index in [-0.39, 0.29) is 11.9 Å². The van der Waals surface area contributed by atoms with Gasteiger partial charge in [0.05, 0.1) is 23.7 Å². The molecule has 28 heavy (non-hydrogen) atoms. The van der Waals surface area contributed by atoms with E-state index in [1.165, 1.54) is 0 Å². The number of carbonyl (C=O) groups excluding carboxylic acids is 1. The summed E-state index contributed by atoms with van der Waals surface area (Å²) >= 11 is 5.90. The number of fused-ring (bicyclic) bond motifs is 1. The molecular weight excluding hydrogens is 374 g/mol. The number of imidazole rings is 1. The van der Waals surface area contributed by atoms with Crippen LogP contribution >= 0.6 is 11.6 Å². The molecule has 0 spiro atoms. The van der Waals surface area contributed by atoms with Crippen molar-refractivity contribution in [2.45, 2.75) is 32.9 Å². The monoisotopic (exact) mass is 397 g/mol. The summed E-state index contributed by atoms with van der Waals surface area (Å²) in [5, 5.41) is 3.64. The minimum atomic E-state index is -0.228. The van der Waals surface area contributed by atoms with E-state index in [1.807, 2.05) is 55.5 Å². The molecule has 1 amide bonds. The molecule has 0 saturated carbocycles. The van der Waals surface area contributed by atoms with Gasteiger partial charge in [-0.3, -0.25) is 4.79 Å². The zero-order valence-electron chi connectivity index (χ0n) is 16.1. The van der Waals surface area contributed by atoms with Crippen molar-refractivity contribution in [2.75, 3.05) is 6.61 Å². The second kappa shape index (κ2) is 8.93. The normalized spacial score (nSPS) is 12.0. The van der Waals surface area contributed by atoms with Crippen LogP contribution in [0.15, 0.2) is 60.7 Å². The van der Waals surface area contributed by atoms with Crippen LogP contribution in [0.3, 0.4) is 0 Å². The molecule has 1 atom stereocenters. The van der Waals surface area contributed by atoms with Gasteiger partial charge in [-0.15, -0.1) is 0 Å². The summed E-state index contributed by atoms with van der Waals surface area (Å²) in [6, 6.07) is 15.1. The van der Waals surface area contributed by atoms with Gasteiger partial charge >= 0.3 is 0 Å². The van der Waals surface area contributed by atoms with Crippen LogP contribution in [0.25, 0.3) is 11.0 Å². The third-order valence-corrected chi connectivity index (χ3v) is 4.67. The van der Waals surface area contributed by atoms with Crippen LogP contribution in [-0.4, -0.2) is 22.1 Å². The zero-order chi connectivity index (χ0) is 20.1. The van der Waals surface area contributed by atoms with Crippen LogP contribution in [0.5, 0.6) is 5.75 Å². The Hall–Kier alpha value is -2.79. The maximum Gasteiger partial charge on any atom is 0.246 e. The van der Waals surface area contributed by atoms with Crippen molar-refractivity contribution in [1.82, 2.24) is 14.9 Å². The SMILES string of the molecule is C=C(C)C(=O)NC(C)c1nc2ccccc2n1CCCOc1ccc(Cl)cc1. The van der Waals surface area contributed by atoms with Crippen molar-refractivity contribution >= 4 is 28.5 Å². The maximum atomic E-state index is 12.0. The average molecular weight is 398 g/mol. The molecule has 2 aromatic carbocycles. The van der Waals surface area contributed by atoms with E-state index in [2.05, 4.69) is 16.5 Å². The summed E-state index contributed by atoms with van der Waals surface area (Å²) < 4.78 is 7.94. The van der Waals surface area contributed by atoms with E-state index < -0.39 is 0 Å².